The van der Waals surface area contributed by atoms with Crippen LogP contribution >= 0.6 is 0 Å². The van der Waals surface area contributed by atoms with Crippen molar-refractivity contribution in [2.75, 3.05) is 27.7 Å². The Kier molecular flexibility index (Phi) is 14.3. The largest absolute Gasteiger partial charge is 0.458 e. The highest BCUT2D eigenvalue weighted by Crippen LogP contribution is 2.42. The van der Waals surface area contributed by atoms with Gasteiger partial charge in [-0.2, -0.15) is 0 Å². The summed E-state index contributed by atoms with van der Waals surface area (Å²) in [6.45, 7) is 14.3. The minimum Gasteiger partial charge on any atom is -0.458 e. The first-order valence-corrected chi connectivity index (χ1v) is 19.2. The summed E-state index contributed by atoms with van der Waals surface area (Å²) < 4.78 is 31.0. The number of carbonyl (C=O) groups excluding carboxylic acids is 4. The average Bonchev–Trinajstić information content (AvgIpc) is 3.39. The zero-order valence-corrected chi connectivity index (χ0v) is 33.5. The highest BCUT2D eigenvalue weighted by molar-refractivity contribution is 6.00. The molecular formula is C40H63N3O10. The van der Waals surface area contributed by atoms with Crippen LogP contribution in [0.5, 0.6) is 0 Å². The Morgan fingerprint density at radius 2 is 1.66 bits per heavy atom. The number of hydrogen-bond acceptors (Lipinski definition) is 12. The predicted molar refractivity (Wildman–Crippen MR) is 197 cm³/mol. The third-order valence-corrected chi connectivity index (χ3v) is 11.8. The maximum Gasteiger partial charge on any atom is 0.425 e. The molecule has 3 aliphatic heterocycles. The van der Waals surface area contributed by atoms with Crippen LogP contribution in [0.2, 0.25) is 0 Å². The number of ether oxygens (including phenoxy) is 5. The lowest BCUT2D eigenvalue weighted by molar-refractivity contribution is -0.295. The number of Topliss-reactive ketones (excluding diaryl/α,β-unsaturated/α-hetero) is 2. The number of carbonyl (C=O) groups is 4. The summed E-state index contributed by atoms with van der Waals surface area (Å²) in [5.41, 5.74) is 1.70. The molecule has 0 saturated carbocycles. The second-order valence-electron chi connectivity index (χ2n) is 16.1. The van der Waals surface area contributed by atoms with Crippen molar-refractivity contribution in [1.82, 2.24) is 15.3 Å². The maximum absolute atomic E-state index is 14.6. The van der Waals surface area contributed by atoms with E-state index in [4.69, 9.17) is 23.7 Å². The van der Waals surface area contributed by atoms with E-state index >= 15 is 0 Å². The van der Waals surface area contributed by atoms with Crippen LogP contribution in [0.25, 0.3) is 0 Å². The Balaban J connectivity index is 1.71. The second kappa shape index (κ2) is 17.7. The van der Waals surface area contributed by atoms with Crippen LogP contribution in [0.3, 0.4) is 0 Å². The zero-order chi connectivity index (χ0) is 39.4. The van der Waals surface area contributed by atoms with Crippen LogP contribution < -0.4 is 5.43 Å². The lowest BCUT2D eigenvalue weighted by Crippen LogP contribution is -2.61. The number of cyclic esters (lactones) is 1. The number of nitrogens with one attached hydrogen (secondary N) is 1. The molecule has 3 fully saturated rings. The summed E-state index contributed by atoms with van der Waals surface area (Å²) in [4.78, 5) is 58.2. The van der Waals surface area contributed by atoms with Crippen LogP contribution in [-0.2, 0) is 44.5 Å². The third-order valence-electron chi connectivity index (χ3n) is 11.8. The SMILES string of the molecule is CC[C@H]1OC(=O)[C@H](C)C(=O)[C@H](C)[C@@H](O[C@@H]2O[C@H](C)C[C@H](N(C)C)[C@H]2O)[C@](C)(OC)C[C@@H](C)C(=O)[C@H](C)[C@H]2N(NCCCc3ccccc3)C(=O)O[C@]12C. The molecule has 3 heterocycles. The van der Waals surface area contributed by atoms with Gasteiger partial charge in [-0.3, -0.25) is 14.4 Å². The number of esters is 1. The van der Waals surface area contributed by atoms with Gasteiger partial charge >= 0.3 is 12.1 Å². The number of aliphatic hydroxyl groups is 1. The summed E-state index contributed by atoms with van der Waals surface area (Å²) in [6.07, 6.45) is -2.64. The lowest BCUT2D eigenvalue weighted by Gasteiger charge is -2.47. The fourth-order valence-corrected chi connectivity index (χ4v) is 8.67. The molecule has 13 nitrogen and oxygen atoms in total. The Morgan fingerprint density at radius 3 is 2.26 bits per heavy atom. The molecule has 4 rings (SSSR count). The van der Waals surface area contributed by atoms with Crippen molar-refractivity contribution in [2.45, 2.75) is 141 Å². The molecule has 2 N–H and O–H groups in total. The summed E-state index contributed by atoms with van der Waals surface area (Å²) in [7, 11) is 5.24. The first-order chi connectivity index (χ1) is 24.9. The van der Waals surface area contributed by atoms with Crippen LogP contribution in [0.15, 0.2) is 30.3 Å². The Bertz CT molecular complexity index is 1430. The van der Waals surface area contributed by atoms with Crippen LogP contribution in [0, 0.1) is 23.7 Å². The summed E-state index contributed by atoms with van der Waals surface area (Å²) in [5.74, 6) is -4.99. The van der Waals surface area contributed by atoms with E-state index in [-0.39, 0.29) is 30.8 Å². The molecule has 53 heavy (non-hydrogen) atoms. The number of hydrazine groups is 1. The minimum atomic E-state index is -1.43. The first-order valence-electron chi connectivity index (χ1n) is 19.2. The molecule has 1 amide bonds. The molecule has 0 aliphatic carbocycles. The summed E-state index contributed by atoms with van der Waals surface area (Å²) in [6, 6.07) is 8.88. The number of nitrogens with zero attached hydrogens (tertiary/aromatic N) is 2. The second-order valence-corrected chi connectivity index (χ2v) is 16.1. The fourth-order valence-electron chi connectivity index (χ4n) is 8.67. The van der Waals surface area contributed by atoms with Crippen molar-refractivity contribution in [2.24, 2.45) is 23.7 Å². The molecule has 0 bridgehead atoms. The lowest BCUT2D eigenvalue weighted by atomic mass is 9.73. The average molecular weight is 746 g/mol. The Labute approximate surface area is 315 Å². The summed E-state index contributed by atoms with van der Waals surface area (Å²) >= 11 is 0. The topological polar surface area (TPSA) is 153 Å². The molecule has 13 heteroatoms. The van der Waals surface area contributed by atoms with Gasteiger partial charge < -0.3 is 33.7 Å². The molecule has 0 unspecified atom stereocenters. The van der Waals surface area contributed by atoms with E-state index in [1.54, 1.807) is 34.6 Å². The van der Waals surface area contributed by atoms with Gasteiger partial charge in [-0.25, -0.2) is 15.2 Å². The van der Waals surface area contributed by atoms with Crippen molar-refractivity contribution in [3.63, 3.8) is 0 Å². The quantitative estimate of drug-likeness (QED) is 0.199. The van der Waals surface area contributed by atoms with E-state index in [9.17, 15) is 24.3 Å². The predicted octanol–water partition coefficient (Wildman–Crippen LogP) is 4.33. The van der Waals surface area contributed by atoms with E-state index in [0.29, 0.717) is 19.4 Å². The number of hydrogen-bond donors (Lipinski definition) is 2. The Morgan fingerprint density at radius 1 is 1.00 bits per heavy atom. The monoisotopic (exact) mass is 745 g/mol. The van der Waals surface area contributed by atoms with Gasteiger partial charge in [-0.1, -0.05) is 58.0 Å². The molecular weight excluding hydrogens is 682 g/mol. The number of benzene rings is 1. The van der Waals surface area contributed by atoms with Gasteiger partial charge in [-0.05, 0) is 79.5 Å². The van der Waals surface area contributed by atoms with Gasteiger partial charge in [0.05, 0.1) is 17.8 Å². The zero-order valence-electron chi connectivity index (χ0n) is 33.5. The van der Waals surface area contributed by atoms with Crippen molar-refractivity contribution in [3.8, 4) is 0 Å². The van der Waals surface area contributed by atoms with Gasteiger partial charge in [0, 0.05) is 37.5 Å². The molecule has 3 saturated heterocycles. The van der Waals surface area contributed by atoms with Gasteiger partial charge in [0.15, 0.2) is 17.7 Å². The highest BCUT2D eigenvalue weighted by Gasteiger charge is 2.61. The number of methoxy groups -OCH3 is 1. The molecule has 1 aromatic rings. The van der Waals surface area contributed by atoms with Crippen molar-refractivity contribution >= 4 is 23.6 Å². The number of aliphatic hydroxyl groups excluding tert-OH is 1. The van der Waals surface area contributed by atoms with Crippen molar-refractivity contribution in [1.29, 1.82) is 0 Å². The van der Waals surface area contributed by atoms with Crippen LogP contribution in [0.4, 0.5) is 4.79 Å². The number of ketones is 2. The van der Waals surface area contributed by atoms with E-state index in [0.717, 1.165) is 12.0 Å². The minimum absolute atomic E-state index is 0.128. The molecule has 298 valence electrons. The van der Waals surface area contributed by atoms with Gasteiger partial charge in [0.25, 0.3) is 0 Å². The number of aryl methyl sites for hydroxylation is 1. The Hall–Kier alpha value is -2.94. The number of amides is 1. The van der Waals surface area contributed by atoms with Crippen molar-refractivity contribution < 1.29 is 48.0 Å². The molecule has 13 atom stereocenters. The maximum atomic E-state index is 14.6. The van der Waals surface area contributed by atoms with Crippen molar-refractivity contribution in [3.05, 3.63) is 35.9 Å². The van der Waals surface area contributed by atoms with Gasteiger partial charge in [0.1, 0.15) is 30.0 Å². The first kappa shape index (κ1) is 42.8. The van der Waals surface area contributed by atoms with E-state index in [2.05, 4.69) is 5.43 Å². The molecule has 3 aliphatic rings. The third kappa shape index (κ3) is 9.13. The molecule has 0 aromatic heterocycles. The normalized spacial score (nSPS) is 39.0. The van der Waals surface area contributed by atoms with Crippen LogP contribution in [0.1, 0.15) is 86.6 Å². The van der Waals surface area contributed by atoms with E-state index < -0.39 is 83.4 Å². The van der Waals surface area contributed by atoms with Gasteiger partial charge in [-0.15, -0.1) is 0 Å². The number of likely N-dealkylation sites (N-methyl/N-ethyl adjacent to an activating group) is 1. The molecule has 0 spiro atoms. The summed E-state index contributed by atoms with van der Waals surface area (Å²) in [5, 5.41) is 12.8. The number of fused-ring (bicyclic) bond motifs is 1. The smallest absolute Gasteiger partial charge is 0.425 e. The molecule has 0 radical (unpaired) electrons. The van der Waals surface area contributed by atoms with Gasteiger partial charge in [0.2, 0.25) is 0 Å². The van der Waals surface area contributed by atoms with Crippen LogP contribution in [-0.4, -0.2) is 120 Å². The number of rotatable bonds is 10. The highest BCUT2D eigenvalue weighted by atomic mass is 16.7. The molecule has 1 aromatic carbocycles. The van der Waals surface area contributed by atoms with E-state index in [1.165, 1.54) is 19.0 Å². The standard InChI is InChI=1S/C40H63N3O10/c1-12-30-40(8)34(43(38(48)53-40)41-20-16-19-28-17-14-13-15-18-28)25(4)31(44)23(2)22-39(7,49-11)35(26(5)32(45)27(6)36(47)51-30)52-37-33(46)29(42(9)10)21-24(3)50-37/h13-15,17-18,23-27,29-30,33-35,37,41,46H,12,16,19-22H2,1-11H3/t23-,24-,25+,26+,27-,29+,30-,33-,34-,35-,37+,39-,40-/m1/s1. The van der Waals surface area contributed by atoms with E-state index in [1.807, 2.05) is 63.2 Å². The fraction of sp³-hybridized carbons (Fsp3) is 0.750.